The van der Waals surface area contributed by atoms with Crippen molar-refractivity contribution in [3.63, 3.8) is 0 Å². The van der Waals surface area contributed by atoms with Crippen molar-refractivity contribution in [2.45, 2.75) is 32.0 Å². The van der Waals surface area contributed by atoms with Crippen LogP contribution in [-0.4, -0.2) is 36.2 Å². The highest BCUT2D eigenvalue weighted by Gasteiger charge is 2.31. The summed E-state index contributed by atoms with van der Waals surface area (Å²) < 4.78 is 41.5. The number of carbonyl (C=O) groups is 2. The zero-order valence-electron chi connectivity index (χ0n) is 20.5. The van der Waals surface area contributed by atoms with Gasteiger partial charge in [-0.3, -0.25) is 19.6 Å². The molecule has 1 amide bonds. The normalized spacial score (nSPS) is 12.4. The molecule has 1 atom stereocenters. The number of hydrogen-bond donors (Lipinski definition) is 1. The highest BCUT2D eigenvalue weighted by Crippen LogP contribution is 2.32. The predicted octanol–water partition coefficient (Wildman–Crippen LogP) is 5.52. The first-order chi connectivity index (χ1) is 18.7. The minimum absolute atomic E-state index is 0.118. The summed E-state index contributed by atoms with van der Waals surface area (Å²) in [4.78, 5) is 42.8. The standard InChI is InChI=1S/C27H21F3N6O2S/c1-16(17-3-2-4-18(9-17)27(28,29)30)24(37)11-25-35-21-10-19(34-26(38)22-14-39-15-33-22)5-6-23(21)36(25)13-20-12-31-7-8-32-20/h2-10,12,14-16H,11,13H2,1H3,(H,34,38). The highest BCUT2D eigenvalue weighted by molar-refractivity contribution is 7.07. The second-order valence-corrected chi connectivity index (χ2v) is 9.55. The molecule has 0 spiro atoms. The van der Waals surface area contributed by atoms with Gasteiger partial charge in [-0.15, -0.1) is 11.3 Å². The van der Waals surface area contributed by atoms with Crippen molar-refractivity contribution < 1.29 is 22.8 Å². The molecule has 198 valence electrons. The van der Waals surface area contributed by atoms with Gasteiger partial charge in [0.2, 0.25) is 0 Å². The van der Waals surface area contributed by atoms with E-state index in [-0.39, 0.29) is 30.2 Å². The van der Waals surface area contributed by atoms with E-state index in [1.54, 1.807) is 54.6 Å². The molecule has 0 aliphatic heterocycles. The number of halogens is 3. The first kappa shape index (κ1) is 26.2. The van der Waals surface area contributed by atoms with Crippen molar-refractivity contribution in [1.29, 1.82) is 0 Å². The Balaban J connectivity index is 1.46. The maximum Gasteiger partial charge on any atom is 0.416 e. The van der Waals surface area contributed by atoms with E-state index in [9.17, 15) is 22.8 Å². The third kappa shape index (κ3) is 5.85. The summed E-state index contributed by atoms with van der Waals surface area (Å²) in [7, 11) is 0. The van der Waals surface area contributed by atoms with E-state index in [2.05, 4.69) is 25.3 Å². The molecule has 0 bridgehead atoms. The minimum atomic E-state index is -4.50. The highest BCUT2D eigenvalue weighted by atomic mass is 32.1. The van der Waals surface area contributed by atoms with Gasteiger partial charge < -0.3 is 9.88 Å². The number of imidazole rings is 1. The average Bonchev–Trinajstić information content (AvgIpc) is 3.57. The average molecular weight is 551 g/mol. The van der Waals surface area contributed by atoms with E-state index < -0.39 is 17.7 Å². The lowest BCUT2D eigenvalue weighted by molar-refractivity contribution is -0.137. The molecule has 0 aliphatic rings. The van der Waals surface area contributed by atoms with Crippen LogP contribution >= 0.6 is 11.3 Å². The molecule has 39 heavy (non-hydrogen) atoms. The molecule has 0 aliphatic carbocycles. The van der Waals surface area contributed by atoms with Gasteiger partial charge in [-0.2, -0.15) is 13.2 Å². The number of amides is 1. The van der Waals surface area contributed by atoms with E-state index in [0.717, 1.165) is 12.1 Å². The van der Waals surface area contributed by atoms with Gasteiger partial charge >= 0.3 is 6.18 Å². The maximum absolute atomic E-state index is 13.3. The monoisotopic (exact) mass is 550 g/mol. The number of Topliss-reactive ketones (excluding diaryl/α,β-unsaturated/α-hetero) is 1. The molecular weight excluding hydrogens is 529 g/mol. The van der Waals surface area contributed by atoms with Gasteiger partial charge in [0.15, 0.2) is 0 Å². The smallest absolute Gasteiger partial charge is 0.321 e. The molecule has 0 fully saturated rings. The summed E-state index contributed by atoms with van der Waals surface area (Å²) in [5, 5.41) is 4.43. The Bertz CT molecular complexity index is 1630. The summed E-state index contributed by atoms with van der Waals surface area (Å²) in [5.41, 5.74) is 3.70. The van der Waals surface area contributed by atoms with Crippen LogP contribution in [0.25, 0.3) is 11.0 Å². The molecule has 0 saturated heterocycles. The maximum atomic E-state index is 13.3. The Morgan fingerprint density at radius 3 is 2.67 bits per heavy atom. The number of ketones is 1. The van der Waals surface area contributed by atoms with Crippen molar-refractivity contribution in [3.05, 3.63) is 100 Å². The minimum Gasteiger partial charge on any atom is -0.321 e. The zero-order valence-corrected chi connectivity index (χ0v) is 21.3. The van der Waals surface area contributed by atoms with Crippen LogP contribution in [0, 0.1) is 0 Å². The Labute approximate surface area is 224 Å². The Morgan fingerprint density at radius 1 is 1.10 bits per heavy atom. The number of benzene rings is 2. The predicted molar refractivity (Wildman–Crippen MR) is 140 cm³/mol. The molecule has 0 saturated carbocycles. The number of carbonyl (C=O) groups excluding carboxylic acids is 2. The fourth-order valence-corrected chi connectivity index (χ4v) is 4.67. The number of anilines is 1. The van der Waals surface area contributed by atoms with Gasteiger partial charge in [0.1, 0.15) is 17.3 Å². The summed E-state index contributed by atoms with van der Waals surface area (Å²) >= 11 is 1.31. The number of alkyl halides is 3. The number of hydrogen-bond acceptors (Lipinski definition) is 7. The zero-order chi connectivity index (χ0) is 27.6. The van der Waals surface area contributed by atoms with Gasteiger partial charge in [0, 0.05) is 29.4 Å². The first-order valence-electron chi connectivity index (χ1n) is 11.8. The van der Waals surface area contributed by atoms with Crippen LogP contribution in [0.2, 0.25) is 0 Å². The third-order valence-corrected chi connectivity index (χ3v) is 6.80. The van der Waals surface area contributed by atoms with E-state index >= 15 is 0 Å². The summed E-state index contributed by atoms with van der Waals surface area (Å²) in [6.45, 7) is 1.86. The van der Waals surface area contributed by atoms with Crippen molar-refractivity contribution in [2.24, 2.45) is 0 Å². The quantitative estimate of drug-likeness (QED) is 0.273. The van der Waals surface area contributed by atoms with Gasteiger partial charge in [-0.05, 0) is 29.8 Å². The second-order valence-electron chi connectivity index (χ2n) is 8.83. The molecule has 1 unspecified atom stereocenters. The largest absolute Gasteiger partial charge is 0.416 e. The number of fused-ring (bicyclic) bond motifs is 1. The van der Waals surface area contributed by atoms with Crippen molar-refractivity contribution in [1.82, 2.24) is 24.5 Å². The van der Waals surface area contributed by atoms with Crippen LogP contribution in [0.1, 0.15) is 46.0 Å². The number of thiazole rings is 1. The molecule has 12 heteroatoms. The molecular formula is C27H21F3N6O2S. The molecule has 3 heterocycles. The molecule has 0 radical (unpaired) electrons. The lowest BCUT2D eigenvalue weighted by Gasteiger charge is -2.14. The summed E-state index contributed by atoms with van der Waals surface area (Å²) in [6, 6.07) is 9.98. The number of aromatic nitrogens is 5. The molecule has 5 rings (SSSR count). The number of rotatable bonds is 8. The molecule has 2 aromatic carbocycles. The van der Waals surface area contributed by atoms with Gasteiger partial charge in [0.25, 0.3) is 5.91 Å². The van der Waals surface area contributed by atoms with Crippen LogP contribution < -0.4 is 5.32 Å². The first-order valence-corrected chi connectivity index (χ1v) is 12.8. The van der Waals surface area contributed by atoms with E-state index in [0.29, 0.717) is 33.9 Å². The van der Waals surface area contributed by atoms with Gasteiger partial charge in [-0.25, -0.2) is 9.97 Å². The van der Waals surface area contributed by atoms with Crippen LogP contribution in [-0.2, 0) is 23.9 Å². The topological polar surface area (TPSA) is 103 Å². The Kier molecular flexibility index (Phi) is 7.20. The van der Waals surface area contributed by atoms with Crippen LogP contribution in [0.15, 0.2) is 71.9 Å². The third-order valence-electron chi connectivity index (χ3n) is 6.22. The summed E-state index contributed by atoms with van der Waals surface area (Å²) in [6.07, 6.45) is 0.0865. The van der Waals surface area contributed by atoms with Crippen LogP contribution in [0.3, 0.4) is 0 Å². The van der Waals surface area contributed by atoms with E-state index in [4.69, 9.17) is 0 Å². The Morgan fingerprint density at radius 2 is 1.95 bits per heavy atom. The van der Waals surface area contributed by atoms with Crippen molar-refractivity contribution in [3.8, 4) is 0 Å². The molecule has 8 nitrogen and oxygen atoms in total. The number of nitrogens with zero attached hydrogens (tertiary/aromatic N) is 5. The van der Waals surface area contributed by atoms with E-state index in [1.165, 1.54) is 23.5 Å². The van der Waals surface area contributed by atoms with Crippen molar-refractivity contribution >= 4 is 39.7 Å². The molecule has 5 aromatic rings. The van der Waals surface area contributed by atoms with Gasteiger partial charge in [-0.1, -0.05) is 25.1 Å². The molecule has 1 N–H and O–H groups in total. The van der Waals surface area contributed by atoms with Crippen molar-refractivity contribution in [2.75, 3.05) is 5.32 Å². The lowest BCUT2D eigenvalue weighted by Crippen LogP contribution is -2.17. The van der Waals surface area contributed by atoms with E-state index in [1.807, 2.05) is 4.57 Å². The number of nitrogens with one attached hydrogen (secondary N) is 1. The SMILES string of the molecule is CC(C(=O)Cc1nc2cc(NC(=O)c3cscn3)ccc2n1Cc1cnccn1)c1cccc(C(F)(F)F)c1. The van der Waals surface area contributed by atoms with Crippen LogP contribution in [0.5, 0.6) is 0 Å². The van der Waals surface area contributed by atoms with Crippen LogP contribution in [0.4, 0.5) is 18.9 Å². The summed E-state index contributed by atoms with van der Waals surface area (Å²) in [5.74, 6) is -1.02. The fourth-order valence-electron chi connectivity index (χ4n) is 4.14. The van der Waals surface area contributed by atoms with Gasteiger partial charge in [0.05, 0.1) is 47.0 Å². The lowest BCUT2D eigenvalue weighted by atomic mass is 9.93. The Hall–Kier alpha value is -4.45. The fraction of sp³-hybridized carbons (Fsp3) is 0.185. The molecule has 3 aromatic heterocycles. The second kappa shape index (κ2) is 10.7.